The lowest BCUT2D eigenvalue weighted by atomic mass is 10.2. The maximum atomic E-state index is 13.9. The first-order chi connectivity index (χ1) is 12.8. The summed E-state index contributed by atoms with van der Waals surface area (Å²) in [5.74, 6) is -0.373. The molecule has 0 saturated carbocycles. The third-order valence-electron chi connectivity index (χ3n) is 4.58. The molecule has 1 aliphatic rings. The van der Waals surface area contributed by atoms with Gasteiger partial charge in [-0.3, -0.25) is 10.1 Å². The van der Waals surface area contributed by atoms with Crippen molar-refractivity contribution in [3.8, 4) is 0 Å². The molecule has 2 aromatic carbocycles. The monoisotopic (exact) mass is 414 g/mol. The van der Waals surface area contributed by atoms with Crippen molar-refractivity contribution in [1.29, 1.82) is 0 Å². The smallest absolute Gasteiger partial charge is 0.270 e. The third kappa shape index (κ3) is 4.27. The predicted molar refractivity (Wildman–Crippen MR) is 97.7 cm³/mol. The second-order valence-electron chi connectivity index (χ2n) is 6.29. The van der Waals surface area contributed by atoms with Gasteiger partial charge in [0, 0.05) is 12.1 Å². The summed E-state index contributed by atoms with van der Waals surface area (Å²) in [5.41, 5.74) is 0.152. The van der Waals surface area contributed by atoms with E-state index in [1.165, 1.54) is 28.6 Å². The van der Waals surface area contributed by atoms with Gasteiger partial charge in [-0.2, -0.15) is 4.31 Å². The highest BCUT2D eigenvalue weighted by atomic mass is 35.5. The van der Waals surface area contributed by atoms with Crippen molar-refractivity contribution < 1.29 is 22.6 Å². The number of halogens is 2. The number of nitrogens with zero attached hydrogens (tertiary/aromatic N) is 2. The van der Waals surface area contributed by atoms with E-state index in [1.54, 1.807) is 12.1 Å². The fourth-order valence-corrected chi connectivity index (χ4v) is 4.79. The molecule has 0 amide bonds. The van der Waals surface area contributed by atoms with Gasteiger partial charge in [0.1, 0.15) is 12.4 Å². The van der Waals surface area contributed by atoms with Gasteiger partial charge in [0.15, 0.2) is 0 Å². The van der Waals surface area contributed by atoms with Crippen LogP contribution < -0.4 is 4.90 Å². The minimum absolute atomic E-state index is 0.0997. The van der Waals surface area contributed by atoms with Gasteiger partial charge in [0.25, 0.3) is 5.69 Å². The molecule has 144 valence electrons. The zero-order valence-corrected chi connectivity index (χ0v) is 15.8. The summed E-state index contributed by atoms with van der Waals surface area (Å²) in [7, 11) is -3.82. The van der Waals surface area contributed by atoms with Crippen molar-refractivity contribution in [3.63, 3.8) is 0 Å². The molecule has 1 heterocycles. The number of hydrogen-bond donors (Lipinski definition) is 1. The van der Waals surface area contributed by atoms with Crippen LogP contribution in [0.15, 0.2) is 47.4 Å². The van der Waals surface area contributed by atoms with Crippen molar-refractivity contribution >= 4 is 27.3 Å². The number of quaternary nitrogens is 1. The molecule has 0 aromatic heterocycles. The van der Waals surface area contributed by atoms with E-state index in [4.69, 9.17) is 11.6 Å². The number of piperazine rings is 1. The van der Waals surface area contributed by atoms with Gasteiger partial charge in [-0.05, 0) is 18.2 Å². The van der Waals surface area contributed by atoms with Gasteiger partial charge in [-0.25, -0.2) is 12.8 Å². The second-order valence-corrected chi connectivity index (χ2v) is 8.63. The molecule has 1 aliphatic heterocycles. The first-order valence-electron chi connectivity index (χ1n) is 8.30. The van der Waals surface area contributed by atoms with Crippen LogP contribution >= 0.6 is 11.6 Å². The van der Waals surface area contributed by atoms with E-state index in [0.717, 1.165) is 11.0 Å². The minimum Gasteiger partial charge on any atom is -0.329 e. The Bertz CT molecular complexity index is 942. The Labute approximate surface area is 161 Å². The van der Waals surface area contributed by atoms with Gasteiger partial charge in [0.05, 0.1) is 46.6 Å². The van der Waals surface area contributed by atoms with Gasteiger partial charge in [-0.1, -0.05) is 23.7 Å². The van der Waals surface area contributed by atoms with Crippen LogP contribution in [0, 0.1) is 15.9 Å². The van der Waals surface area contributed by atoms with Crippen molar-refractivity contribution in [3.05, 3.63) is 69.0 Å². The number of nitrogens with one attached hydrogen (secondary N) is 1. The highest BCUT2D eigenvalue weighted by molar-refractivity contribution is 7.89. The molecular formula is C17H18ClFN3O4S+. The van der Waals surface area contributed by atoms with Gasteiger partial charge in [-0.15, -0.1) is 0 Å². The lowest BCUT2D eigenvalue weighted by Gasteiger charge is -2.31. The third-order valence-corrected chi connectivity index (χ3v) is 6.83. The lowest BCUT2D eigenvalue weighted by molar-refractivity contribution is -0.917. The summed E-state index contributed by atoms with van der Waals surface area (Å²) < 4.78 is 40.7. The molecule has 1 fully saturated rings. The number of nitro benzene ring substituents is 1. The van der Waals surface area contributed by atoms with Crippen LogP contribution in [0.1, 0.15) is 5.56 Å². The number of nitro groups is 1. The maximum absolute atomic E-state index is 13.9. The van der Waals surface area contributed by atoms with Crippen molar-refractivity contribution in [2.75, 3.05) is 26.2 Å². The first kappa shape index (κ1) is 19.7. The number of non-ortho nitro benzene ring substituents is 1. The van der Waals surface area contributed by atoms with E-state index in [2.05, 4.69) is 0 Å². The fourth-order valence-electron chi connectivity index (χ4n) is 3.08. The first-order valence-corrected chi connectivity index (χ1v) is 10.1. The number of benzene rings is 2. The van der Waals surface area contributed by atoms with Gasteiger partial charge >= 0.3 is 0 Å². The van der Waals surface area contributed by atoms with Crippen molar-refractivity contribution in [1.82, 2.24) is 4.31 Å². The highest BCUT2D eigenvalue weighted by Gasteiger charge is 2.31. The molecule has 2 aromatic rings. The summed E-state index contributed by atoms with van der Waals surface area (Å²) in [4.78, 5) is 11.2. The van der Waals surface area contributed by atoms with E-state index in [1.807, 2.05) is 0 Å². The predicted octanol–water partition coefficient (Wildman–Crippen LogP) is 1.48. The van der Waals surface area contributed by atoms with Crippen molar-refractivity contribution in [2.24, 2.45) is 0 Å². The van der Waals surface area contributed by atoms with E-state index in [9.17, 15) is 22.9 Å². The van der Waals surface area contributed by atoms with Crippen LogP contribution in [0.4, 0.5) is 10.1 Å². The molecule has 27 heavy (non-hydrogen) atoms. The zero-order chi connectivity index (χ0) is 19.6. The number of hydrogen-bond acceptors (Lipinski definition) is 4. The minimum atomic E-state index is -3.82. The molecule has 1 saturated heterocycles. The molecule has 0 atom stereocenters. The molecule has 0 bridgehead atoms. The summed E-state index contributed by atoms with van der Waals surface area (Å²) >= 11 is 6.06. The van der Waals surface area contributed by atoms with Gasteiger partial charge < -0.3 is 4.90 Å². The SMILES string of the molecule is O=[N+]([O-])c1cccc(S(=O)(=O)N2CC[NH+](Cc3c(F)cccc3Cl)CC2)c1. The van der Waals surface area contributed by atoms with E-state index in [-0.39, 0.29) is 29.5 Å². The average Bonchev–Trinajstić information content (AvgIpc) is 2.65. The summed E-state index contributed by atoms with van der Waals surface area (Å²) in [6, 6.07) is 9.53. The van der Waals surface area contributed by atoms with Crippen LogP contribution in [0.2, 0.25) is 5.02 Å². The van der Waals surface area contributed by atoms with Crippen LogP contribution in [0.5, 0.6) is 0 Å². The number of sulfonamides is 1. The molecular weight excluding hydrogens is 397 g/mol. The van der Waals surface area contributed by atoms with Crippen LogP contribution in [0.25, 0.3) is 0 Å². The Morgan fingerprint density at radius 2 is 1.85 bits per heavy atom. The van der Waals surface area contributed by atoms with E-state index >= 15 is 0 Å². The molecule has 1 N–H and O–H groups in total. The highest BCUT2D eigenvalue weighted by Crippen LogP contribution is 2.21. The number of rotatable bonds is 5. The maximum Gasteiger partial charge on any atom is 0.270 e. The van der Waals surface area contributed by atoms with Crippen LogP contribution in [0.3, 0.4) is 0 Å². The lowest BCUT2D eigenvalue weighted by Crippen LogP contribution is -3.13. The fraction of sp³-hybridized carbons (Fsp3) is 0.294. The van der Waals surface area contributed by atoms with Gasteiger partial charge in [0.2, 0.25) is 10.0 Å². The second kappa shape index (κ2) is 7.89. The Morgan fingerprint density at radius 3 is 2.48 bits per heavy atom. The van der Waals surface area contributed by atoms with E-state index < -0.39 is 14.9 Å². The standard InChI is InChI=1S/C17H17ClFN3O4S/c18-16-5-2-6-17(19)15(16)12-20-7-9-21(10-8-20)27(25,26)14-4-1-3-13(11-14)22(23)24/h1-6,11H,7-10,12H2/p+1. The Kier molecular flexibility index (Phi) is 5.75. The van der Waals surface area contributed by atoms with E-state index in [0.29, 0.717) is 30.2 Å². The van der Waals surface area contributed by atoms with Crippen LogP contribution in [-0.2, 0) is 16.6 Å². The summed E-state index contributed by atoms with van der Waals surface area (Å²) in [6.45, 7) is 1.83. The molecule has 0 spiro atoms. The van der Waals surface area contributed by atoms with Crippen LogP contribution in [-0.4, -0.2) is 43.8 Å². The largest absolute Gasteiger partial charge is 0.329 e. The molecule has 0 radical (unpaired) electrons. The Balaban J connectivity index is 1.70. The molecule has 7 nitrogen and oxygen atoms in total. The molecule has 3 rings (SSSR count). The zero-order valence-electron chi connectivity index (χ0n) is 14.3. The summed E-state index contributed by atoms with van der Waals surface area (Å²) in [5, 5.41) is 11.2. The topological polar surface area (TPSA) is 85.0 Å². The quantitative estimate of drug-likeness (QED) is 0.593. The average molecular weight is 415 g/mol. The normalized spacial score (nSPS) is 16.4. The molecule has 0 unspecified atom stereocenters. The van der Waals surface area contributed by atoms with Crippen molar-refractivity contribution in [2.45, 2.75) is 11.4 Å². The molecule has 0 aliphatic carbocycles. The Morgan fingerprint density at radius 1 is 1.19 bits per heavy atom. The summed E-state index contributed by atoms with van der Waals surface area (Å²) in [6.07, 6.45) is 0. The molecule has 10 heteroatoms. The Hall–Kier alpha value is -2.07.